The number of esters is 1. The summed E-state index contributed by atoms with van der Waals surface area (Å²) >= 11 is 0. The van der Waals surface area contributed by atoms with Gasteiger partial charge in [0.2, 0.25) is 5.95 Å². The number of ether oxygens (including phenoxy) is 3. The number of halogens is 2. The Morgan fingerprint density at radius 3 is 2.61 bits per heavy atom. The lowest BCUT2D eigenvalue weighted by atomic mass is 9.99. The van der Waals surface area contributed by atoms with Crippen LogP contribution in [-0.2, 0) is 16.1 Å². The van der Waals surface area contributed by atoms with Crippen LogP contribution >= 0.6 is 0 Å². The van der Waals surface area contributed by atoms with Gasteiger partial charge in [0.15, 0.2) is 5.69 Å². The highest BCUT2D eigenvalue weighted by Crippen LogP contribution is 2.46. The van der Waals surface area contributed by atoms with Gasteiger partial charge in [-0.15, -0.1) is 0 Å². The lowest BCUT2D eigenvalue weighted by molar-refractivity contribution is -0.0494. The first-order valence-corrected chi connectivity index (χ1v) is 12.9. The summed E-state index contributed by atoms with van der Waals surface area (Å²) in [6.45, 7) is -2.67. The van der Waals surface area contributed by atoms with Crippen molar-refractivity contribution in [3.8, 4) is 17.0 Å². The minimum atomic E-state index is -2.94. The van der Waals surface area contributed by atoms with Crippen molar-refractivity contribution >= 4 is 11.9 Å². The minimum Gasteiger partial charge on any atom is -0.464 e. The maximum atomic E-state index is 13.0. The fourth-order valence-corrected chi connectivity index (χ4v) is 5.68. The highest BCUT2D eigenvalue weighted by atomic mass is 19.3. The van der Waals surface area contributed by atoms with Crippen LogP contribution in [0.5, 0.6) is 5.75 Å². The van der Waals surface area contributed by atoms with Gasteiger partial charge in [0.25, 0.3) is 0 Å². The van der Waals surface area contributed by atoms with Gasteiger partial charge in [-0.25, -0.2) is 14.8 Å². The molecule has 38 heavy (non-hydrogen) atoms. The largest absolute Gasteiger partial charge is 0.464 e. The number of piperidine rings is 1. The second-order valence-corrected chi connectivity index (χ2v) is 9.95. The van der Waals surface area contributed by atoms with E-state index < -0.39 is 12.6 Å². The van der Waals surface area contributed by atoms with Crippen molar-refractivity contribution in [3.63, 3.8) is 0 Å². The average molecular weight is 527 g/mol. The van der Waals surface area contributed by atoms with E-state index in [-0.39, 0.29) is 42.2 Å². The summed E-state index contributed by atoms with van der Waals surface area (Å²) in [6, 6.07) is 8.54. The topological polar surface area (TPSA) is 99.8 Å². The van der Waals surface area contributed by atoms with Crippen LogP contribution in [0.4, 0.5) is 14.7 Å². The van der Waals surface area contributed by atoms with Crippen LogP contribution in [0, 0.1) is 0 Å². The molecule has 0 amide bonds. The number of para-hydroxylation sites is 1. The van der Waals surface area contributed by atoms with Crippen molar-refractivity contribution in [1.82, 2.24) is 15.1 Å². The molecular weight excluding hydrogens is 498 g/mol. The van der Waals surface area contributed by atoms with E-state index in [1.165, 1.54) is 13.2 Å². The van der Waals surface area contributed by atoms with E-state index in [2.05, 4.69) is 20.0 Å². The van der Waals surface area contributed by atoms with Gasteiger partial charge in [0, 0.05) is 35.3 Å². The van der Waals surface area contributed by atoms with Gasteiger partial charge in [-0.05, 0) is 56.7 Å². The van der Waals surface area contributed by atoms with E-state index in [9.17, 15) is 13.6 Å². The molecule has 3 aromatic rings. The zero-order valence-electron chi connectivity index (χ0n) is 20.9. The molecule has 0 radical (unpaired) electrons. The van der Waals surface area contributed by atoms with Crippen LogP contribution in [-0.4, -0.2) is 53.0 Å². The van der Waals surface area contributed by atoms with Crippen molar-refractivity contribution in [1.29, 1.82) is 0 Å². The summed E-state index contributed by atoms with van der Waals surface area (Å²) in [6.07, 6.45) is 7.13. The third kappa shape index (κ3) is 4.82. The van der Waals surface area contributed by atoms with Crippen LogP contribution in [0.25, 0.3) is 11.3 Å². The Bertz CT molecular complexity index is 1300. The van der Waals surface area contributed by atoms with E-state index in [0.717, 1.165) is 49.8 Å². The van der Waals surface area contributed by atoms with Crippen molar-refractivity contribution in [2.24, 2.45) is 0 Å². The summed E-state index contributed by atoms with van der Waals surface area (Å²) in [4.78, 5) is 23.0. The quantitative estimate of drug-likeness (QED) is 0.352. The van der Waals surface area contributed by atoms with Gasteiger partial charge in [0.1, 0.15) is 17.2 Å². The summed E-state index contributed by atoms with van der Waals surface area (Å²) in [5.74, 6) is 1.14. The summed E-state index contributed by atoms with van der Waals surface area (Å²) in [5, 5.41) is 4.26. The Morgan fingerprint density at radius 2 is 1.89 bits per heavy atom. The number of nitrogens with zero attached hydrogens (tertiary/aromatic N) is 4. The predicted molar refractivity (Wildman–Crippen MR) is 131 cm³/mol. The molecule has 2 aromatic heterocycles. The minimum absolute atomic E-state index is 0.00472. The van der Waals surface area contributed by atoms with Gasteiger partial charge in [-0.1, -0.05) is 17.3 Å². The number of methoxy groups -OCH3 is 1. The molecule has 9 nitrogen and oxygen atoms in total. The molecule has 2 bridgehead atoms. The van der Waals surface area contributed by atoms with Gasteiger partial charge in [-0.2, -0.15) is 8.78 Å². The molecular formula is C27H28F2N4O5. The smallest absolute Gasteiger partial charge is 0.387 e. The number of aromatic nitrogens is 3. The van der Waals surface area contributed by atoms with Crippen LogP contribution in [0.1, 0.15) is 66.3 Å². The van der Waals surface area contributed by atoms with Crippen LogP contribution in [0.15, 0.2) is 41.1 Å². The summed E-state index contributed by atoms with van der Waals surface area (Å²) < 4.78 is 47.8. The van der Waals surface area contributed by atoms with Crippen molar-refractivity contribution in [2.45, 2.75) is 75.8 Å². The lowest BCUT2D eigenvalue weighted by Crippen LogP contribution is -2.46. The van der Waals surface area contributed by atoms with Gasteiger partial charge < -0.3 is 23.6 Å². The van der Waals surface area contributed by atoms with Gasteiger partial charge in [0.05, 0.1) is 19.8 Å². The van der Waals surface area contributed by atoms with Crippen LogP contribution < -0.4 is 9.64 Å². The standard InChI is InChI=1S/C27H28F2N4O5/c1-35-25(34)21-10-11-30-27(31-21)33-16-8-9-17(33)13-18(12-16)36-14-20-23(32-38-24(20)15-6-7-15)19-4-2-3-5-22(19)37-26(28)29/h2-5,10-11,15-18,26H,6-9,12-14H2,1H3/t16-,17?,18?/m0/s1. The Morgan fingerprint density at radius 1 is 1.13 bits per heavy atom. The van der Waals surface area contributed by atoms with Crippen molar-refractivity contribution in [3.05, 3.63) is 53.5 Å². The predicted octanol–water partition coefficient (Wildman–Crippen LogP) is 5.11. The summed E-state index contributed by atoms with van der Waals surface area (Å²) in [5.41, 5.74) is 1.97. The normalized spacial score (nSPS) is 22.6. The summed E-state index contributed by atoms with van der Waals surface area (Å²) in [7, 11) is 1.33. The lowest BCUT2D eigenvalue weighted by Gasteiger charge is -2.38. The molecule has 11 heteroatoms. The van der Waals surface area contributed by atoms with Crippen LogP contribution in [0.3, 0.4) is 0 Å². The van der Waals surface area contributed by atoms with E-state index in [0.29, 0.717) is 17.2 Å². The molecule has 1 saturated carbocycles. The first-order valence-electron chi connectivity index (χ1n) is 12.9. The monoisotopic (exact) mass is 526 g/mol. The van der Waals surface area contributed by atoms with Crippen LogP contribution in [0.2, 0.25) is 0 Å². The molecule has 0 N–H and O–H groups in total. The molecule has 3 atom stereocenters. The first-order chi connectivity index (χ1) is 18.5. The van der Waals surface area contributed by atoms with Crippen molar-refractivity contribution < 1.29 is 32.3 Å². The third-order valence-electron chi connectivity index (χ3n) is 7.55. The number of anilines is 1. The Balaban J connectivity index is 1.19. The molecule has 1 aromatic carbocycles. The molecule has 1 aliphatic carbocycles. The first kappa shape index (κ1) is 24.7. The Hall–Kier alpha value is -3.60. The number of rotatable bonds is 9. The maximum Gasteiger partial charge on any atom is 0.387 e. The highest BCUT2D eigenvalue weighted by Gasteiger charge is 2.43. The molecule has 200 valence electrons. The molecule has 6 rings (SSSR count). The maximum absolute atomic E-state index is 13.0. The second kappa shape index (κ2) is 10.3. The van der Waals surface area contributed by atoms with E-state index in [1.54, 1.807) is 30.5 Å². The van der Waals surface area contributed by atoms with Gasteiger partial charge in [-0.3, -0.25) is 0 Å². The number of alkyl halides is 2. The number of fused-ring (bicyclic) bond motifs is 2. The number of carbonyl (C=O) groups excluding carboxylic acids is 1. The molecule has 4 heterocycles. The van der Waals surface area contributed by atoms with E-state index in [1.807, 2.05) is 0 Å². The van der Waals surface area contributed by atoms with E-state index >= 15 is 0 Å². The zero-order valence-corrected chi connectivity index (χ0v) is 20.9. The number of hydrogen-bond acceptors (Lipinski definition) is 9. The molecule has 2 unspecified atom stereocenters. The fraction of sp³-hybridized carbons (Fsp3) is 0.481. The van der Waals surface area contributed by atoms with Gasteiger partial charge >= 0.3 is 12.6 Å². The number of benzene rings is 1. The number of carbonyl (C=O) groups is 1. The third-order valence-corrected chi connectivity index (χ3v) is 7.55. The molecule has 3 aliphatic rings. The average Bonchev–Trinajstić information content (AvgIpc) is 3.63. The SMILES string of the molecule is COC(=O)c1ccnc(N2C3CC[C@H]2CC(OCc2c(-c4ccccc4OC(F)F)noc2C2CC2)C3)n1. The number of hydrogen-bond donors (Lipinski definition) is 0. The Labute approximate surface area is 218 Å². The molecule has 0 spiro atoms. The Kier molecular flexibility index (Phi) is 6.69. The fourth-order valence-electron chi connectivity index (χ4n) is 5.68. The molecule has 3 fully saturated rings. The molecule has 2 saturated heterocycles. The highest BCUT2D eigenvalue weighted by molar-refractivity contribution is 5.87. The molecule has 2 aliphatic heterocycles. The van der Waals surface area contributed by atoms with E-state index in [4.69, 9.17) is 18.7 Å². The zero-order chi connectivity index (χ0) is 26.2. The second-order valence-electron chi connectivity index (χ2n) is 9.95. The van der Waals surface area contributed by atoms with Crippen molar-refractivity contribution in [2.75, 3.05) is 12.0 Å².